The lowest BCUT2D eigenvalue weighted by molar-refractivity contribution is -0.136. The number of nitrogens with zero attached hydrogens (tertiary/aromatic N) is 3. The highest BCUT2D eigenvalue weighted by molar-refractivity contribution is 6.01. The summed E-state index contributed by atoms with van der Waals surface area (Å²) < 4.78 is 1.91. The predicted octanol–water partition coefficient (Wildman–Crippen LogP) is 2.31. The molecule has 1 N–H and O–H groups in total. The standard InChI is InChI=1S/C19H22N4O2/c1-13-10-20-22(11-13)12-14-5-4-8-23(14)19(25)16-9-18(24)21-17-7-3-2-6-15(16)17/h2-3,6-7,10-11,14,16H,4-5,8-9,12H2,1H3,(H,21,24)/t14-,16-/m1/s1. The average Bonchev–Trinajstić information content (AvgIpc) is 3.22. The molecule has 0 bridgehead atoms. The molecule has 25 heavy (non-hydrogen) atoms. The van der Waals surface area contributed by atoms with E-state index in [0.29, 0.717) is 6.54 Å². The van der Waals surface area contributed by atoms with Crippen molar-refractivity contribution >= 4 is 17.5 Å². The average molecular weight is 338 g/mol. The molecule has 2 amide bonds. The number of likely N-dealkylation sites (tertiary alicyclic amines) is 1. The van der Waals surface area contributed by atoms with Gasteiger partial charge in [-0.25, -0.2) is 0 Å². The molecule has 1 fully saturated rings. The van der Waals surface area contributed by atoms with E-state index in [-0.39, 0.29) is 30.2 Å². The van der Waals surface area contributed by atoms with Crippen molar-refractivity contribution in [3.05, 3.63) is 47.8 Å². The first-order valence-electron chi connectivity index (χ1n) is 8.80. The molecule has 4 rings (SSSR count). The minimum atomic E-state index is -0.384. The van der Waals surface area contributed by atoms with E-state index in [4.69, 9.17) is 0 Å². The van der Waals surface area contributed by atoms with Gasteiger partial charge in [-0.2, -0.15) is 5.10 Å². The maximum atomic E-state index is 13.2. The molecule has 6 heteroatoms. The summed E-state index contributed by atoms with van der Waals surface area (Å²) in [5.41, 5.74) is 2.80. The molecule has 3 heterocycles. The Hall–Kier alpha value is -2.63. The first-order valence-corrected chi connectivity index (χ1v) is 8.80. The van der Waals surface area contributed by atoms with Crippen LogP contribution in [0.2, 0.25) is 0 Å². The van der Waals surface area contributed by atoms with E-state index in [1.54, 1.807) is 0 Å². The highest BCUT2D eigenvalue weighted by atomic mass is 16.2. The molecular weight excluding hydrogens is 316 g/mol. The molecule has 130 valence electrons. The molecule has 0 saturated carbocycles. The molecular formula is C19H22N4O2. The van der Waals surface area contributed by atoms with Crippen molar-refractivity contribution in [2.45, 2.75) is 44.7 Å². The Kier molecular flexibility index (Phi) is 4.03. The zero-order valence-electron chi connectivity index (χ0n) is 14.3. The van der Waals surface area contributed by atoms with Crippen LogP contribution >= 0.6 is 0 Å². The molecule has 2 aliphatic rings. The fourth-order valence-electron chi connectivity index (χ4n) is 3.93. The molecule has 2 atom stereocenters. The monoisotopic (exact) mass is 338 g/mol. The zero-order chi connectivity index (χ0) is 17.4. The van der Waals surface area contributed by atoms with Crippen LogP contribution < -0.4 is 5.32 Å². The lowest BCUT2D eigenvalue weighted by Gasteiger charge is -2.31. The third-order valence-corrected chi connectivity index (χ3v) is 5.12. The van der Waals surface area contributed by atoms with Crippen LogP contribution in [0.5, 0.6) is 0 Å². The molecule has 1 aromatic carbocycles. The Balaban J connectivity index is 1.56. The van der Waals surface area contributed by atoms with Gasteiger partial charge in [-0.3, -0.25) is 14.3 Å². The van der Waals surface area contributed by atoms with Crippen molar-refractivity contribution in [2.75, 3.05) is 11.9 Å². The van der Waals surface area contributed by atoms with Crippen molar-refractivity contribution in [1.82, 2.24) is 14.7 Å². The highest BCUT2D eigenvalue weighted by Gasteiger charge is 2.37. The minimum Gasteiger partial charge on any atom is -0.337 e. The molecule has 0 radical (unpaired) electrons. The van der Waals surface area contributed by atoms with Crippen molar-refractivity contribution in [2.24, 2.45) is 0 Å². The number of nitrogens with one attached hydrogen (secondary N) is 1. The van der Waals surface area contributed by atoms with Gasteiger partial charge in [-0.05, 0) is 37.0 Å². The number of amides is 2. The maximum absolute atomic E-state index is 13.2. The lowest BCUT2D eigenvalue weighted by Crippen LogP contribution is -2.42. The van der Waals surface area contributed by atoms with E-state index in [2.05, 4.69) is 10.4 Å². The number of aryl methyl sites for hydroxylation is 1. The normalized spacial score (nSPS) is 22.6. The van der Waals surface area contributed by atoms with Gasteiger partial charge in [0, 0.05) is 24.8 Å². The van der Waals surface area contributed by atoms with Gasteiger partial charge in [-0.15, -0.1) is 0 Å². The van der Waals surface area contributed by atoms with Gasteiger partial charge >= 0.3 is 0 Å². The SMILES string of the molecule is Cc1cnn(C[C@H]2CCCN2C(=O)[C@@H]2CC(=O)Nc3ccccc32)c1. The van der Waals surface area contributed by atoms with Gasteiger partial charge in [0.1, 0.15) is 0 Å². The van der Waals surface area contributed by atoms with E-state index in [0.717, 1.165) is 36.2 Å². The summed E-state index contributed by atoms with van der Waals surface area (Å²) in [6.45, 7) is 3.48. The molecule has 0 spiro atoms. The second kappa shape index (κ2) is 6.35. The van der Waals surface area contributed by atoms with Crippen molar-refractivity contribution in [3.8, 4) is 0 Å². The predicted molar refractivity (Wildman–Crippen MR) is 94.1 cm³/mol. The number of rotatable bonds is 3. The number of aromatic nitrogens is 2. The van der Waals surface area contributed by atoms with Crippen molar-refractivity contribution in [1.29, 1.82) is 0 Å². The Labute approximate surface area is 146 Å². The van der Waals surface area contributed by atoms with Crippen molar-refractivity contribution in [3.63, 3.8) is 0 Å². The van der Waals surface area contributed by atoms with E-state index in [9.17, 15) is 9.59 Å². The molecule has 0 unspecified atom stereocenters. The first-order chi connectivity index (χ1) is 12.1. The Bertz CT molecular complexity index is 813. The number of benzene rings is 1. The third-order valence-electron chi connectivity index (χ3n) is 5.12. The number of hydrogen-bond donors (Lipinski definition) is 1. The highest BCUT2D eigenvalue weighted by Crippen LogP contribution is 2.35. The summed E-state index contributed by atoms with van der Waals surface area (Å²) in [4.78, 5) is 27.2. The summed E-state index contributed by atoms with van der Waals surface area (Å²) in [7, 11) is 0. The molecule has 1 saturated heterocycles. The summed E-state index contributed by atoms with van der Waals surface area (Å²) >= 11 is 0. The fraction of sp³-hybridized carbons (Fsp3) is 0.421. The second-order valence-electron chi connectivity index (χ2n) is 6.96. The van der Waals surface area contributed by atoms with Gasteiger partial charge in [0.05, 0.1) is 24.7 Å². The van der Waals surface area contributed by atoms with Crippen LogP contribution in [0, 0.1) is 6.92 Å². The largest absolute Gasteiger partial charge is 0.337 e. The van der Waals surface area contributed by atoms with Crippen LogP contribution in [0.25, 0.3) is 0 Å². The number of anilines is 1. The van der Waals surface area contributed by atoms with E-state index in [1.165, 1.54) is 0 Å². The molecule has 2 aliphatic heterocycles. The second-order valence-corrected chi connectivity index (χ2v) is 6.96. The maximum Gasteiger partial charge on any atom is 0.231 e. The van der Waals surface area contributed by atoms with E-state index >= 15 is 0 Å². The first kappa shape index (κ1) is 15.9. The molecule has 0 aliphatic carbocycles. The van der Waals surface area contributed by atoms with Gasteiger partial charge in [0.2, 0.25) is 11.8 Å². The van der Waals surface area contributed by atoms with Gasteiger partial charge in [-0.1, -0.05) is 18.2 Å². The third kappa shape index (κ3) is 3.04. The van der Waals surface area contributed by atoms with Crippen LogP contribution in [-0.2, 0) is 16.1 Å². The minimum absolute atomic E-state index is 0.0636. The lowest BCUT2D eigenvalue weighted by atomic mass is 9.89. The Morgan fingerprint density at radius 2 is 2.20 bits per heavy atom. The number of hydrogen-bond acceptors (Lipinski definition) is 3. The topological polar surface area (TPSA) is 67.2 Å². The Morgan fingerprint density at radius 3 is 3.00 bits per heavy atom. The zero-order valence-corrected chi connectivity index (χ0v) is 14.3. The summed E-state index contributed by atoms with van der Waals surface area (Å²) in [6, 6.07) is 7.75. The summed E-state index contributed by atoms with van der Waals surface area (Å²) in [5.74, 6) is -0.408. The number of carbonyl (C=O) groups excluding carboxylic acids is 2. The number of fused-ring (bicyclic) bond motifs is 1. The van der Waals surface area contributed by atoms with Gasteiger partial charge < -0.3 is 10.2 Å². The number of para-hydroxylation sites is 1. The summed E-state index contributed by atoms with van der Waals surface area (Å²) in [6.07, 6.45) is 6.04. The quantitative estimate of drug-likeness (QED) is 0.934. The van der Waals surface area contributed by atoms with Gasteiger partial charge in [0.15, 0.2) is 0 Å². The number of carbonyl (C=O) groups is 2. The van der Waals surface area contributed by atoms with E-state index in [1.807, 2.05) is 53.2 Å². The smallest absolute Gasteiger partial charge is 0.231 e. The summed E-state index contributed by atoms with van der Waals surface area (Å²) in [5, 5.41) is 7.21. The van der Waals surface area contributed by atoms with Gasteiger partial charge in [0.25, 0.3) is 0 Å². The Morgan fingerprint density at radius 1 is 1.36 bits per heavy atom. The molecule has 2 aromatic rings. The van der Waals surface area contributed by atoms with E-state index < -0.39 is 0 Å². The van der Waals surface area contributed by atoms with Crippen LogP contribution in [0.1, 0.15) is 36.3 Å². The fourth-order valence-corrected chi connectivity index (χ4v) is 3.93. The van der Waals surface area contributed by atoms with Crippen LogP contribution in [0.3, 0.4) is 0 Å². The molecule has 6 nitrogen and oxygen atoms in total. The molecule has 1 aromatic heterocycles. The van der Waals surface area contributed by atoms with Crippen molar-refractivity contribution < 1.29 is 9.59 Å². The van der Waals surface area contributed by atoms with Crippen LogP contribution in [0.15, 0.2) is 36.7 Å². The van der Waals surface area contributed by atoms with Crippen LogP contribution in [-0.4, -0.2) is 39.1 Å². The van der Waals surface area contributed by atoms with Crippen LogP contribution in [0.4, 0.5) is 5.69 Å².